The first-order valence-electron chi connectivity index (χ1n) is 6.60. The minimum atomic E-state index is -3.52. The lowest BCUT2D eigenvalue weighted by atomic mass is 10.1. The predicted octanol–water partition coefficient (Wildman–Crippen LogP) is 1.09. The van der Waals surface area contributed by atoms with E-state index >= 15 is 0 Å². The van der Waals surface area contributed by atoms with Crippen LogP contribution in [0, 0.1) is 0 Å². The molecule has 0 spiro atoms. The number of nitrogens with zero attached hydrogens (tertiary/aromatic N) is 3. The molecule has 0 aliphatic carbocycles. The molecule has 3 heterocycles. The van der Waals surface area contributed by atoms with Gasteiger partial charge >= 0.3 is 0 Å². The molecule has 0 unspecified atom stereocenters. The molecular weight excluding hydrogens is 276 g/mol. The maximum absolute atomic E-state index is 12.1. The van der Waals surface area contributed by atoms with Gasteiger partial charge in [0.25, 0.3) is 0 Å². The van der Waals surface area contributed by atoms with Crippen molar-refractivity contribution in [3.8, 4) is 0 Å². The van der Waals surface area contributed by atoms with Crippen molar-refractivity contribution >= 4 is 10.0 Å². The molecule has 0 aromatic carbocycles. The summed E-state index contributed by atoms with van der Waals surface area (Å²) in [5.74, 6) is 0. The Kier molecular flexibility index (Phi) is 3.54. The molecule has 20 heavy (non-hydrogen) atoms. The first-order valence-corrected chi connectivity index (χ1v) is 8.09. The number of hydrogen-bond acceptors (Lipinski definition) is 4. The molecule has 2 aromatic rings. The molecule has 0 fully saturated rings. The Morgan fingerprint density at radius 2 is 2.25 bits per heavy atom. The fourth-order valence-electron chi connectivity index (χ4n) is 2.32. The van der Waals surface area contributed by atoms with Crippen molar-refractivity contribution in [2.75, 3.05) is 0 Å². The Hall–Kier alpha value is -1.73. The number of aromatic nitrogens is 3. The van der Waals surface area contributed by atoms with Crippen LogP contribution in [0.1, 0.15) is 24.2 Å². The van der Waals surface area contributed by atoms with E-state index in [1.54, 1.807) is 12.3 Å². The summed E-state index contributed by atoms with van der Waals surface area (Å²) >= 11 is 0. The first kappa shape index (κ1) is 13.3. The summed E-state index contributed by atoms with van der Waals surface area (Å²) in [5, 5.41) is 4.42. The van der Waals surface area contributed by atoms with Gasteiger partial charge in [-0.2, -0.15) is 5.10 Å². The van der Waals surface area contributed by atoms with E-state index in [4.69, 9.17) is 0 Å². The number of fused-ring (bicyclic) bond motifs is 1. The third-order valence-corrected chi connectivity index (χ3v) is 4.74. The first-order chi connectivity index (χ1) is 9.65. The number of hydrogen-bond donors (Lipinski definition) is 1. The largest absolute Gasteiger partial charge is 0.269 e. The van der Waals surface area contributed by atoms with Crippen LogP contribution in [0.3, 0.4) is 0 Å². The number of sulfonamides is 1. The Bertz CT molecular complexity index is 671. The summed E-state index contributed by atoms with van der Waals surface area (Å²) in [6.45, 7) is 1.13. The van der Waals surface area contributed by atoms with Crippen molar-refractivity contribution in [1.29, 1.82) is 0 Å². The highest BCUT2D eigenvalue weighted by molar-refractivity contribution is 7.89. The lowest BCUT2D eigenvalue weighted by molar-refractivity contribution is 0.482. The predicted molar refractivity (Wildman–Crippen MR) is 73.4 cm³/mol. The van der Waals surface area contributed by atoms with Gasteiger partial charge < -0.3 is 0 Å². The van der Waals surface area contributed by atoms with Gasteiger partial charge in [-0.1, -0.05) is 0 Å². The zero-order valence-electron chi connectivity index (χ0n) is 11.0. The molecule has 6 nitrogen and oxygen atoms in total. The van der Waals surface area contributed by atoms with E-state index in [9.17, 15) is 8.42 Å². The van der Waals surface area contributed by atoms with Gasteiger partial charge in [-0.15, -0.1) is 0 Å². The van der Waals surface area contributed by atoms with Crippen molar-refractivity contribution in [2.45, 2.75) is 37.2 Å². The highest BCUT2D eigenvalue weighted by atomic mass is 32.2. The summed E-state index contributed by atoms with van der Waals surface area (Å²) in [6, 6.07) is 5.10. The standard InChI is InChI=1S/C13H16N4O2S/c18-20(19,13-5-3-6-14-10-13)15-9-11-8-12-4-1-2-7-17(12)16-11/h3,5-6,8,10,15H,1-2,4,7,9H2. The van der Waals surface area contributed by atoms with Crippen LogP contribution >= 0.6 is 0 Å². The quantitative estimate of drug-likeness (QED) is 0.915. The number of nitrogens with one attached hydrogen (secondary N) is 1. The molecule has 1 N–H and O–H groups in total. The van der Waals surface area contributed by atoms with Crippen LogP contribution in [0.15, 0.2) is 35.5 Å². The lowest BCUT2D eigenvalue weighted by Crippen LogP contribution is -2.23. The van der Waals surface area contributed by atoms with Gasteiger partial charge in [0.1, 0.15) is 4.90 Å². The topological polar surface area (TPSA) is 76.9 Å². The molecule has 1 aliphatic heterocycles. The van der Waals surface area contributed by atoms with Crippen LogP contribution in [0.5, 0.6) is 0 Å². The van der Waals surface area contributed by atoms with E-state index in [2.05, 4.69) is 14.8 Å². The van der Waals surface area contributed by atoms with Crippen LogP contribution in [0.2, 0.25) is 0 Å². The second kappa shape index (κ2) is 5.34. The van der Waals surface area contributed by atoms with Gasteiger partial charge in [0.2, 0.25) is 10.0 Å². The van der Waals surface area contributed by atoms with E-state index in [1.165, 1.54) is 24.4 Å². The average molecular weight is 292 g/mol. The van der Waals surface area contributed by atoms with E-state index < -0.39 is 10.0 Å². The fourth-order valence-corrected chi connectivity index (χ4v) is 3.28. The number of aryl methyl sites for hydroxylation is 2. The summed E-state index contributed by atoms with van der Waals surface area (Å²) in [5.41, 5.74) is 1.95. The Morgan fingerprint density at radius 1 is 1.35 bits per heavy atom. The minimum Gasteiger partial charge on any atom is -0.269 e. The summed E-state index contributed by atoms with van der Waals surface area (Å²) < 4.78 is 28.7. The van der Waals surface area contributed by atoms with Gasteiger partial charge in [-0.3, -0.25) is 9.67 Å². The molecule has 0 amide bonds. The molecule has 0 radical (unpaired) electrons. The third-order valence-electron chi connectivity index (χ3n) is 3.35. The van der Waals surface area contributed by atoms with E-state index in [0.717, 1.165) is 25.1 Å². The van der Waals surface area contributed by atoms with Crippen molar-refractivity contribution in [2.24, 2.45) is 0 Å². The number of rotatable bonds is 4. The molecule has 7 heteroatoms. The SMILES string of the molecule is O=S(=O)(NCc1cc2n(n1)CCCC2)c1cccnc1. The Labute approximate surface area is 117 Å². The van der Waals surface area contributed by atoms with Gasteiger partial charge in [0.15, 0.2) is 0 Å². The molecule has 106 valence electrons. The molecule has 0 atom stereocenters. The highest BCUT2D eigenvalue weighted by Gasteiger charge is 2.16. The maximum atomic E-state index is 12.1. The van der Waals surface area contributed by atoms with E-state index in [-0.39, 0.29) is 11.4 Å². The summed E-state index contributed by atoms with van der Waals surface area (Å²) in [7, 11) is -3.52. The van der Waals surface area contributed by atoms with Crippen molar-refractivity contribution < 1.29 is 8.42 Å². The molecule has 0 saturated heterocycles. The van der Waals surface area contributed by atoms with Crippen molar-refractivity contribution in [1.82, 2.24) is 19.5 Å². The molecular formula is C13H16N4O2S. The molecule has 0 bridgehead atoms. The van der Waals surface area contributed by atoms with Crippen molar-refractivity contribution in [3.05, 3.63) is 42.0 Å². The molecule has 2 aromatic heterocycles. The van der Waals surface area contributed by atoms with Crippen LogP contribution < -0.4 is 4.72 Å². The van der Waals surface area contributed by atoms with Gasteiger partial charge in [0, 0.05) is 24.6 Å². The normalized spacial score (nSPS) is 15.0. The smallest absolute Gasteiger partial charge is 0.242 e. The van der Waals surface area contributed by atoms with Crippen LogP contribution in [-0.4, -0.2) is 23.2 Å². The van der Waals surface area contributed by atoms with E-state index in [0.29, 0.717) is 0 Å². The molecule has 3 rings (SSSR count). The molecule has 0 saturated carbocycles. The van der Waals surface area contributed by atoms with Gasteiger partial charge in [0.05, 0.1) is 12.2 Å². The second-order valence-corrected chi connectivity index (χ2v) is 6.59. The van der Waals surface area contributed by atoms with E-state index in [1.807, 2.05) is 10.7 Å². The zero-order chi connectivity index (χ0) is 14.0. The fraction of sp³-hybridized carbons (Fsp3) is 0.385. The second-order valence-electron chi connectivity index (χ2n) is 4.82. The highest BCUT2D eigenvalue weighted by Crippen LogP contribution is 2.15. The summed E-state index contributed by atoms with van der Waals surface area (Å²) in [4.78, 5) is 3.99. The van der Waals surface area contributed by atoms with Crippen LogP contribution in [0.25, 0.3) is 0 Å². The minimum absolute atomic E-state index is 0.170. The number of pyridine rings is 1. The Morgan fingerprint density at radius 3 is 3.00 bits per heavy atom. The Balaban J connectivity index is 1.72. The third kappa shape index (κ3) is 2.73. The van der Waals surface area contributed by atoms with Crippen LogP contribution in [-0.2, 0) is 29.5 Å². The molecule has 1 aliphatic rings. The summed E-state index contributed by atoms with van der Waals surface area (Å²) in [6.07, 6.45) is 6.20. The van der Waals surface area contributed by atoms with Gasteiger partial charge in [-0.25, -0.2) is 13.1 Å². The average Bonchev–Trinajstić information content (AvgIpc) is 2.89. The maximum Gasteiger partial charge on any atom is 0.242 e. The lowest BCUT2D eigenvalue weighted by Gasteiger charge is -2.11. The monoisotopic (exact) mass is 292 g/mol. The van der Waals surface area contributed by atoms with Crippen LogP contribution in [0.4, 0.5) is 0 Å². The zero-order valence-corrected chi connectivity index (χ0v) is 11.8. The van der Waals surface area contributed by atoms with Crippen molar-refractivity contribution in [3.63, 3.8) is 0 Å². The van der Waals surface area contributed by atoms with Gasteiger partial charge in [-0.05, 0) is 37.5 Å².